The van der Waals surface area contributed by atoms with Gasteiger partial charge in [0.2, 0.25) is 0 Å². The number of halogens is 4. The summed E-state index contributed by atoms with van der Waals surface area (Å²) >= 11 is 1.44. The van der Waals surface area contributed by atoms with Gasteiger partial charge in [-0.15, -0.1) is 12.8 Å². The van der Waals surface area contributed by atoms with Gasteiger partial charge >= 0.3 is 6.18 Å². The van der Waals surface area contributed by atoms with E-state index in [4.69, 9.17) is 5.73 Å². The maximum absolute atomic E-state index is 14.0. The second-order valence-electron chi connectivity index (χ2n) is 7.71. The number of likely N-dealkylation sites (tertiary alicyclic amines) is 1. The topological polar surface area (TPSA) is 42.1 Å². The summed E-state index contributed by atoms with van der Waals surface area (Å²) in [6.45, 7) is 12.0. The third-order valence-electron chi connectivity index (χ3n) is 5.27. The average molecular weight is 568 g/mol. The van der Waals surface area contributed by atoms with E-state index >= 15 is 0 Å². The lowest BCUT2D eigenvalue weighted by molar-refractivity contribution is -0.0884. The van der Waals surface area contributed by atoms with Crippen LogP contribution in [0.15, 0.2) is 71.2 Å². The zero-order valence-electron chi connectivity index (χ0n) is 24.4. The minimum absolute atomic E-state index is 0.0657. The highest BCUT2D eigenvalue weighted by Gasteiger charge is 2.32. The first-order valence-corrected chi connectivity index (χ1v) is 14.1. The molecule has 2 heterocycles. The van der Waals surface area contributed by atoms with Crippen molar-refractivity contribution < 1.29 is 17.6 Å². The van der Waals surface area contributed by atoms with Crippen LogP contribution >= 0.6 is 11.5 Å². The molecule has 8 heteroatoms. The van der Waals surface area contributed by atoms with E-state index in [1.807, 2.05) is 65.1 Å². The van der Waals surface area contributed by atoms with E-state index in [-0.39, 0.29) is 18.4 Å². The van der Waals surface area contributed by atoms with Crippen molar-refractivity contribution >= 4 is 27.4 Å². The van der Waals surface area contributed by atoms with Crippen LogP contribution < -0.4 is 5.73 Å². The number of rotatable bonds is 5. The molecule has 2 aromatic rings. The zero-order chi connectivity index (χ0) is 30.4. The molecule has 2 N–H and O–H groups in total. The van der Waals surface area contributed by atoms with Crippen LogP contribution in [0.3, 0.4) is 0 Å². The SMILES string of the molecule is C#C.CC.CC.C\C=C(F)/C(=C\C(=C\CC)C(F)(F)F)C/C=C1/CCCCN1C.Nc1nsc2ccccc12. The van der Waals surface area contributed by atoms with Crippen molar-refractivity contribution in [2.24, 2.45) is 0 Å². The van der Waals surface area contributed by atoms with Crippen LogP contribution in [0.5, 0.6) is 0 Å². The van der Waals surface area contributed by atoms with Gasteiger partial charge in [-0.3, -0.25) is 0 Å². The number of hydrogen-bond acceptors (Lipinski definition) is 4. The highest BCUT2D eigenvalue weighted by Crippen LogP contribution is 2.31. The van der Waals surface area contributed by atoms with Crippen molar-refractivity contribution in [2.45, 2.75) is 79.8 Å². The zero-order valence-corrected chi connectivity index (χ0v) is 25.2. The van der Waals surface area contributed by atoms with E-state index < -0.39 is 17.6 Å². The Morgan fingerprint density at radius 2 is 1.74 bits per heavy atom. The molecule has 0 aliphatic carbocycles. The first kappa shape index (κ1) is 38.1. The Labute approximate surface area is 237 Å². The molecule has 0 unspecified atom stereocenters. The molecule has 3 rings (SSSR count). The summed E-state index contributed by atoms with van der Waals surface area (Å²) in [5, 5.41) is 1.06. The summed E-state index contributed by atoms with van der Waals surface area (Å²) in [6.07, 6.45) is 12.1. The van der Waals surface area contributed by atoms with Gasteiger partial charge in [0.15, 0.2) is 0 Å². The lowest BCUT2D eigenvalue weighted by Gasteiger charge is -2.27. The van der Waals surface area contributed by atoms with Gasteiger partial charge in [-0.05, 0) is 74.3 Å². The number of anilines is 1. The molecule has 1 aliphatic heterocycles. The molecule has 0 radical (unpaired) electrons. The standard InChI is InChI=1S/C18H25F4N.C7H6N2S.2C2H6.C2H2/c1-4-8-15(18(20,21)22)13-14(17(19)5-2)10-11-16-9-6-7-12-23(16)3;8-7-5-3-1-2-4-6(5)10-9-7;3*1-2/h5,8,11,13H,4,6-7,9-10,12H2,1-3H3;1-4H,(H2,8,9);2*1-2H3;1-2H/b14-13-,15-8-,16-11-,17-5+;;;;. The fourth-order valence-electron chi connectivity index (χ4n) is 3.46. The number of alkyl halides is 3. The molecule has 0 spiro atoms. The lowest BCUT2D eigenvalue weighted by atomic mass is 10.0. The van der Waals surface area contributed by atoms with Crippen LogP contribution in [-0.2, 0) is 0 Å². The number of piperidine rings is 1. The third-order valence-corrected chi connectivity index (χ3v) is 6.11. The second-order valence-corrected chi connectivity index (χ2v) is 8.52. The Morgan fingerprint density at radius 3 is 2.26 bits per heavy atom. The smallest absolute Gasteiger partial charge is 0.382 e. The van der Waals surface area contributed by atoms with Crippen molar-refractivity contribution in [3.63, 3.8) is 0 Å². The van der Waals surface area contributed by atoms with Crippen LogP contribution in [0.4, 0.5) is 23.4 Å². The highest BCUT2D eigenvalue weighted by molar-refractivity contribution is 7.13. The van der Waals surface area contributed by atoms with Crippen LogP contribution in [0.1, 0.15) is 73.6 Å². The van der Waals surface area contributed by atoms with Crippen molar-refractivity contribution in [3.8, 4) is 12.8 Å². The molecule has 0 saturated carbocycles. The van der Waals surface area contributed by atoms with Crippen molar-refractivity contribution in [1.82, 2.24) is 9.27 Å². The van der Waals surface area contributed by atoms with Gasteiger partial charge in [0.05, 0.1) is 10.3 Å². The summed E-state index contributed by atoms with van der Waals surface area (Å²) in [7, 11) is 1.96. The Bertz CT molecular complexity index is 1080. The monoisotopic (exact) mass is 567 g/mol. The van der Waals surface area contributed by atoms with Crippen molar-refractivity contribution in [2.75, 3.05) is 19.3 Å². The molecular formula is C31H45F4N3S. The Morgan fingerprint density at radius 1 is 1.13 bits per heavy atom. The fourth-order valence-corrected chi connectivity index (χ4v) is 4.16. The summed E-state index contributed by atoms with van der Waals surface area (Å²) in [4.78, 5) is 2.08. The molecule has 1 fully saturated rings. The molecule has 1 aromatic carbocycles. The van der Waals surface area contributed by atoms with Gasteiger partial charge in [-0.2, -0.15) is 17.5 Å². The van der Waals surface area contributed by atoms with Crippen LogP contribution in [0.25, 0.3) is 10.1 Å². The van der Waals surface area contributed by atoms with Gasteiger partial charge in [-0.1, -0.05) is 65.0 Å². The van der Waals surface area contributed by atoms with E-state index in [0.29, 0.717) is 5.82 Å². The molecule has 0 atom stereocenters. The minimum Gasteiger partial charge on any atom is -0.382 e. The van der Waals surface area contributed by atoms with Crippen LogP contribution in [-0.4, -0.2) is 29.0 Å². The first-order chi connectivity index (χ1) is 18.7. The summed E-state index contributed by atoms with van der Waals surface area (Å²) in [5.74, 6) is 0.0344. The molecular weight excluding hydrogens is 522 g/mol. The first-order valence-electron chi connectivity index (χ1n) is 13.3. The molecule has 1 saturated heterocycles. The molecule has 0 amide bonds. The van der Waals surface area contributed by atoms with Crippen molar-refractivity contribution in [1.29, 1.82) is 0 Å². The quantitative estimate of drug-likeness (QED) is 0.222. The maximum Gasteiger partial charge on any atom is 0.416 e. The Kier molecular flexibility index (Phi) is 21.3. The molecule has 1 aliphatic rings. The number of terminal acetylenes is 1. The summed E-state index contributed by atoms with van der Waals surface area (Å²) < 4.78 is 58.2. The number of nitrogen functional groups attached to an aromatic ring is 1. The van der Waals surface area contributed by atoms with E-state index in [2.05, 4.69) is 22.1 Å². The molecule has 39 heavy (non-hydrogen) atoms. The molecule has 218 valence electrons. The van der Waals surface area contributed by atoms with Crippen LogP contribution in [0.2, 0.25) is 0 Å². The van der Waals surface area contributed by atoms with E-state index in [9.17, 15) is 17.6 Å². The lowest BCUT2D eigenvalue weighted by Crippen LogP contribution is -2.23. The largest absolute Gasteiger partial charge is 0.416 e. The van der Waals surface area contributed by atoms with Gasteiger partial charge in [0.25, 0.3) is 0 Å². The normalized spacial score (nSPS) is 15.1. The average Bonchev–Trinajstić information content (AvgIpc) is 3.34. The molecule has 3 nitrogen and oxygen atoms in total. The van der Waals surface area contributed by atoms with Gasteiger partial charge < -0.3 is 10.6 Å². The highest BCUT2D eigenvalue weighted by atomic mass is 32.1. The maximum atomic E-state index is 14.0. The Hall–Kier alpha value is -3.05. The summed E-state index contributed by atoms with van der Waals surface area (Å²) in [5.41, 5.74) is 5.92. The van der Waals surface area contributed by atoms with Crippen molar-refractivity contribution in [3.05, 3.63) is 71.2 Å². The predicted molar refractivity (Wildman–Crippen MR) is 163 cm³/mol. The van der Waals surface area contributed by atoms with Gasteiger partial charge in [0.1, 0.15) is 11.6 Å². The van der Waals surface area contributed by atoms with Gasteiger partial charge in [0, 0.05) is 24.7 Å². The number of hydrogen-bond donors (Lipinski definition) is 1. The van der Waals surface area contributed by atoms with Crippen LogP contribution in [0, 0.1) is 12.8 Å². The number of benzene rings is 1. The van der Waals surface area contributed by atoms with E-state index in [1.165, 1.54) is 24.5 Å². The number of fused-ring (bicyclic) bond motifs is 1. The number of nitrogens with two attached hydrogens (primary N) is 1. The minimum atomic E-state index is -4.47. The molecule has 1 aromatic heterocycles. The van der Waals surface area contributed by atoms with Gasteiger partial charge in [-0.25, -0.2) is 4.39 Å². The fraction of sp³-hybridized carbons (Fsp3) is 0.452. The predicted octanol–water partition coefficient (Wildman–Crippen LogP) is 10.3. The number of nitrogens with zero attached hydrogens (tertiary/aromatic N) is 2. The van der Waals surface area contributed by atoms with E-state index in [0.717, 1.165) is 53.7 Å². The second kappa shape index (κ2) is 21.8. The van der Waals surface area contributed by atoms with E-state index in [1.54, 1.807) is 6.92 Å². The number of allylic oxidation sites excluding steroid dienone is 8. The Balaban J connectivity index is 0. The third kappa shape index (κ3) is 14.1. The number of aromatic nitrogens is 1. The molecule has 0 bridgehead atoms. The summed E-state index contributed by atoms with van der Waals surface area (Å²) in [6, 6.07) is 7.95.